The molecule has 0 fully saturated rings. The topological polar surface area (TPSA) is 34.9 Å². The van der Waals surface area contributed by atoms with E-state index in [1.165, 1.54) is 0 Å². The Morgan fingerprint density at radius 3 is 2.71 bits per heavy atom. The number of nitrogens with zero attached hydrogens (tertiary/aromatic N) is 2. The van der Waals surface area contributed by atoms with Crippen molar-refractivity contribution < 1.29 is 4.79 Å². The van der Waals surface area contributed by atoms with Crippen LogP contribution in [0, 0.1) is 0 Å². The number of hydrogen-bond acceptors (Lipinski definition) is 2. The highest BCUT2D eigenvalue weighted by molar-refractivity contribution is 9.10. The van der Waals surface area contributed by atoms with Gasteiger partial charge in [-0.2, -0.15) is 5.10 Å². The average Bonchev–Trinajstić information content (AvgIpc) is 2.94. The molecule has 0 amide bonds. The first-order valence-corrected chi connectivity index (χ1v) is 7.69. The minimum absolute atomic E-state index is 0.121. The number of benzene rings is 2. The molecular formula is C17H15BrN2O. The number of fused-ring (bicyclic) bond motifs is 1. The van der Waals surface area contributed by atoms with Crippen molar-refractivity contribution in [1.29, 1.82) is 0 Å². The molecule has 3 rings (SSSR count). The Morgan fingerprint density at radius 1 is 1.19 bits per heavy atom. The van der Waals surface area contributed by atoms with Crippen LogP contribution < -0.4 is 0 Å². The molecule has 0 atom stereocenters. The van der Waals surface area contributed by atoms with Gasteiger partial charge in [0, 0.05) is 29.2 Å². The number of carbonyl (C=O) groups excluding carboxylic acids is 1. The van der Waals surface area contributed by atoms with E-state index in [1.807, 2.05) is 48.1 Å². The van der Waals surface area contributed by atoms with Gasteiger partial charge >= 0.3 is 0 Å². The van der Waals surface area contributed by atoms with Crippen LogP contribution in [0.1, 0.15) is 22.8 Å². The summed E-state index contributed by atoms with van der Waals surface area (Å²) in [5, 5.41) is 6.40. The lowest BCUT2D eigenvalue weighted by atomic mass is 10.0. The zero-order chi connectivity index (χ0) is 14.8. The summed E-state index contributed by atoms with van der Waals surface area (Å²) in [6.07, 6.45) is 4.08. The molecule has 0 aliphatic heterocycles. The molecule has 4 heteroatoms. The van der Waals surface area contributed by atoms with Gasteiger partial charge in [0.2, 0.25) is 0 Å². The van der Waals surface area contributed by atoms with Crippen molar-refractivity contribution in [3.8, 4) is 0 Å². The van der Waals surface area contributed by atoms with Crippen LogP contribution in [0.15, 0.2) is 53.3 Å². The van der Waals surface area contributed by atoms with Gasteiger partial charge in [0.1, 0.15) is 0 Å². The molecule has 0 bridgehead atoms. The summed E-state index contributed by atoms with van der Waals surface area (Å²) in [5.41, 5.74) is 1.70. The summed E-state index contributed by atoms with van der Waals surface area (Å²) in [6.45, 7) is 2.85. The third-order valence-corrected chi connectivity index (χ3v) is 3.99. The van der Waals surface area contributed by atoms with Crippen molar-refractivity contribution in [3.05, 3.63) is 64.4 Å². The smallest absolute Gasteiger partial charge is 0.167 e. The van der Waals surface area contributed by atoms with Gasteiger partial charge in [0.15, 0.2) is 5.78 Å². The molecule has 0 aliphatic carbocycles. The van der Waals surface area contributed by atoms with E-state index >= 15 is 0 Å². The summed E-state index contributed by atoms with van der Waals surface area (Å²) in [6, 6.07) is 11.9. The van der Waals surface area contributed by atoms with Crippen molar-refractivity contribution in [3.63, 3.8) is 0 Å². The normalized spacial score (nSPS) is 11.0. The van der Waals surface area contributed by atoms with Crippen molar-refractivity contribution >= 4 is 32.5 Å². The summed E-state index contributed by atoms with van der Waals surface area (Å²) in [4.78, 5) is 12.4. The molecule has 106 valence electrons. The van der Waals surface area contributed by atoms with E-state index in [2.05, 4.69) is 27.1 Å². The largest absolute Gasteiger partial charge is 0.294 e. The molecule has 0 saturated heterocycles. The predicted octanol–water partition coefficient (Wildman–Crippen LogP) is 4.24. The van der Waals surface area contributed by atoms with E-state index in [-0.39, 0.29) is 5.78 Å². The fourth-order valence-corrected chi connectivity index (χ4v) is 2.73. The summed E-state index contributed by atoms with van der Waals surface area (Å²) < 4.78 is 2.88. The van der Waals surface area contributed by atoms with Crippen molar-refractivity contribution in [1.82, 2.24) is 9.78 Å². The van der Waals surface area contributed by atoms with Gasteiger partial charge in [-0.25, -0.2) is 0 Å². The Labute approximate surface area is 131 Å². The fraction of sp³-hybridized carbons (Fsp3) is 0.176. The standard InChI is InChI=1S/C17H15BrN2O/c1-2-20-11-12(10-19-20)7-17(21)15-4-3-14-9-16(18)6-5-13(14)8-15/h3-6,8-11H,2,7H2,1H3. The molecule has 21 heavy (non-hydrogen) atoms. The molecule has 1 aromatic heterocycles. The zero-order valence-corrected chi connectivity index (χ0v) is 13.3. The van der Waals surface area contributed by atoms with Crippen LogP contribution in [0.4, 0.5) is 0 Å². The lowest BCUT2D eigenvalue weighted by Gasteiger charge is -2.03. The number of Topliss-reactive ketones (excluding diaryl/α,β-unsaturated/α-hetero) is 1. The number of halogens is 1. The Hall–Kier alpha value is -1.94. The van der Waals surface area contributed by atoms with Gasteiger partial charge in [-0.1, -0.05) is 34.1 Å². The van der Waals surface area contributed by atoms with Crippen LogP contribution in [0.5, 0.6) is 0 Å². The van der Waals surface area contributed by atoms with Crippen LogP contribution >= 0.6 is 15.9 Å². The van der Waals surface area contributed by atoms with Crippen molar-refractivity contribution in [2.45, 2.75) is 19.9 Å². The van der Waals surface area contributed by atoms with Crippen LogP contribution in [-0.4, -0.2) is 15.6 Å². The molecule has 0 N–H and O–H groups in total. The molecule has 3 nitrogen and oxygen atoms in total. The molecule has 2 aromatic carbocycles. The SMILES string of the molecule is CCn1cc(CC(=O)c2ccc3cc(Br)ccc3c2)cn1. The fourth-order valence-electron chi connectivity index (χ4n) is 2.35. The highest BCUT2D eigenvalue weighted by atomic mass is 79.9. The van der Waals surface area contributed by atoms with Crippen LogP contribution in [-0.2, 0) is 13.0 Å². The van der Waals surface area contributed by atoms with Crippen LogP contribution in [0.3, 0.4) is 0 Å². The lowest BCUT2D eigenvalue weighted by molar-refractivity contribution is 0.0993. The molecule has 0 saturated carbocycles. The molecule has 0 unspecified atom stereocenters. The Bertz CT molecular complexity index is 807. The van der Waals surface area contributed by atoms with Crippen molar-refractivity contribution in [2.75, 3.05) is 0 Å². The second-order valence-corrected chi connectivity index (χ2v) is 5.93. The molecule has 0 spiro atoms. The number of hydrogen-bond donors (Lipinski definition) is 0. The predicted molar refractivity (Wildman–Crippen MR) is 87.6 cm³/mol. The van der Waals surface area contributed by atoms with Crippen molar-refractivity contribution in [2.24, 2.45) is 0 Å². The van der Waals surface area contributed by atoms with Gasteiger partial charge in [0.25, 0.3) is 0 Å². The van der Waals surface area contributed by atoms with E-state index < -0.39 is 0 Å². The van der Waals surface area contributed by atoms with E-state index in [0.29, 0.717) is 6.42 Å². The highest BCUT2D eigenvalue weighted by Gasteiger charge is 2.09. The number of aryl methyl sites for hydroxylation is 1. The van der Waals surface area contributed by atoms with Gasteiger partial charge in [-0.15, -0.1) is 0 Å². The quantitative estimate of drug-likeness (QED) is 0.664. The van der Waals surface area contributed by atoms with E-state index in [1.54, 1.807) is 6.20 Å². The summed E-state index contributed by atoms with van der Waals surface area (Å²) >= 11 is 3.46. The van der Waals surface area contributed by atoms with E-state index in [4.69, 9.17) is 0 Å². The second-order valence-electron chi connectivity index (χ2n) is 5.01. The maximum absolute atomic E-state index is 12.4. The first kappa shape index (κ1) is 14.0. The first-order chi connectivity index (χ1) is 10.2. The number of carbonyl (C=O) groups is 1. The Balaban J connectivity index is 1.85. The number of aromatic nitrogens is 2. The third-order valence-electron chi connectivity index (χ3n) is 3.50. The van der Waals surface area contributed by atoms with Gasteiger partial charge < -0.3 is 0 Å². The average molecular weight is 343 g/mol. The summed E-state index contributed by atoms with van der Waals surface area (Å²) in [7, 11) is 0. The van der Waals surface area contributed by atoms with Crippen LogP contribution in [0.2, 0.25) is 0 Å². The minimum Gasteiger partial charge on any atom is -0.294 e. The molecule has 3 aromatic rings. The highest BCUT2D eigenvalue weighted by Crippen LogP contribution is 2.21. The maximum Gasteiger partial charge on any atom is 0.167 e. The third kappa shape index (κ3) is 3.05. The molecular weight excluding hydrogens is 328 g/mol. The molecule has 1 heterocycles. The zero-order valence-electron chi connectivity index (χ0n) is 11.7. The van der Waals surface area contributed by atoms with Gasteiger partial charge in [0.05, 0.1) is 6.20 Å². The molecule has 0 radical (unpaired) electrons. The molecule has 0 aliphatic rings. The Morgan fingerprint density at radius 2 is 1.95 bits per heavy atom. The maximum atomic E-state index is 12.4. The van der Waals surface area contributed by atoms with Gasteiger partial charge in [-0.3, -0.25) is 9.48 Å². The minimum atomic E-state index is 0.121. The van der Waals surface area contributed by atoms with E-state index in [9.17, 15) is 4.79 Å². The Kier molecular flexibility index (Phi) is 3.88. The first-order valence-electron chi connectivity index (χ1n) is 6.89. The van der Waals surface area contributed by atoms with E-state index in [0.717, 1.165) is 32.9 Å². The summed E-state index contributed by atoms with van der Waals surface area (Å²) in [5.74, 6) is 0.121. The van der Waals surface area contributed by atoms with Crippen LogP contribution in [0.25, 0.3) is 10.8 Å². The number of rotatable bonds is 4. The lowest BCUT2D eigenvalue weighted by Crippen LogP contribution is -2.03. The van der Waals surface area contributed by atoms with Gasteiger partial charge in [-0.05, 0) is 41.5 Å². The monoisotopic (exact) mass is 342 g/mol. The number of ketones is 1. The second kappa shape index (κ2) is 5.82.